The first-order valence-corrected chi connectivity index (χ1v) is 10.3. The summed E-state index contributed by atoms with van der Waals surface area (Å²) in [5.74, 6) is -0.0494. The summed E-state index contributed by atoms with van der Waals surface area (Å²) in [5.41, 5.74) is 5.14. The summed E-state index contributed by atoms with van der Waals surface area (Å²) in [7, 11) is 0. The van der Waals surface area contributed by atoms with E-state index in [9.17, 15) is 9.18 Å². The summed E-state index contributed by atoms with van der Waals surface area (Å²) >= 11 is 1.45. The van der Waals surface area contributed by atoms with Gasteiger partial charge >= 0.3 is 0 Å². The van der Waals surface area contributed by atoms with Crippen molar-refractivity contribution >= 4 is 22.2 Å². The summed E-state index contributed by atoms with van der Waals surface area (Å²) in [5, 5.41) is 9.42. The number of rotatable bonds is 5. The fraction of sp³-hybridized carbons (Fsp3) is 0.227. The average molecular weight is 409 g/mol. The normalized spacial score (nSPS) is 11.2. The number of nitrogens with zero attached hydrogens (tertiary/aromatic N) is 3. The Hall–Kier alpha value is -3.06. The number of aromatic nitrogens is 3. The maximum atomic E-state index is 14.0. The number of thiazole rings is 1. The van der Waals surface area contributed by atoms with Crippen molar-refractivity contribution in [3.8, 4) is 11.4 Å². The van der Waals surface area contributed by atoms with Gasteiger partial charge in [-0.3, -0.25) is 4.79 Å². The number of benzene rings is 2. The first kappa shape index (κ1) is 19.3. The van der Waals surface area contributed by atoms with Crippen molar-refractivity contribution < 1.29 is 9.18 Å². The smallest absolute Gasteiger partial charge is 0.251 e. The molecule has 7 heteroatoms. The maximum Gasteiger partial charge on any atom is 0.251 e. The van der Waals surface area contributed by atoms with Crippen molar-refractivity contribution in [2.75, 3.05) is 6.54 Å². The van der Waals surface area contributed by atoms with Crippen LogP contribution in [0.2, 0.25) is 0 Å². The Morgan fingerprint density at radius 2 is 1.90 bits per heavy atom. The van der Waals surface area contributed by atoms with Gasteiger partial charge in [-0.2, -0.15) is 4.98 Å². The van der Waals surface area contributed by atoms with Crippen LogP contribution in [0.3, 0.4) is 0 Å². The molecule has 0 saturated carbocycles. The molecular weight excluding hydrogens is 387 g/mol. The van der Waals surface area contributed by atoms with Crippen LogP contribution in [0.15, 0.2) is 41.8 Å². The molecule has 0 aliphatic carbocycles. The molecule has 1 N–H and O–H groups in total. The van der Waals surface area contributed by atoms with Crippen LogP contribution in [-0.4, -0.2) is 27.0 Å². The van der Waals surface area contributed by atoms with E-state index in [1.54, 1.807) is 22.7 Å². The van der Waals surface area contributed by atoms with Gasteiger partial charge in [0.15, 0.2) is 5.82 Å². The summed E-state index contributed by atoms with van der Waals surface area (Å²) in [4.78, 5) is 17.8. The highest BCUT2D eigenvalue weighted by atomic mass is 32.1. The monoisotopic (exact) mass is 408 g/mol. The number of halogens is 1. The number of hydrogen-bond acceptors (Lipinski definition) is 4. The minimum Gasteiger partial charge on any atom is -0.352 e. The molecule has 2 heterocycles. The zero-order valence-electron chi connectivity index (χ0n) is 16.5. The van der Waals surface area contributed by atoms with Crippen molar-refractivity contribution in [3.63, 3.8) is 0 Å². The number of amides is 1. The van der Waals surface area contributed by atoms with Crippen LogP contribution >= 0.6 is 11.3 Å². The van der Waals surface area contributed by atoms with Crippen LogP contribution in [-0.2, 0) is 6.42 Å². The quantitative estimate of drug-likeness (QED) is 0.529. The Kier molecular flexibility index (Phi) is 5.15. The second kappa shape index (κ2) is 7.75. The molecule has 0 spiro atoms. The second-order valence-corrected chi connectivity index (χ2v) is 7.95. The SMILES string of the molecule is Cc1cc(C)c(C(=O)NCCc2csc3nc(-c4ccccc4F)nn23)c(C)c1. The Morgan fingerprint density at radius 1 is 1.17 bits per heavy atom. The highest BCUT2D eigenvalue weighted by molar-refractivity contribution is 7.15. The van der Waals surface area contributed by atoms with E-state index in [0.29, 0.717) is 29.3 Å². The Morgan fingerprint density at radius 3 is 2.62 bits per heavy atom. The van der Waals surface area contributed by atoms with E-state index in [2.05, 4.69) is 15.4 Å². The number of hydrogen-bond donors (Lipinski definition) is 1. The second-order valence-electron chi connectivity index (χ2n) is 7.12. The van der Waals surface area contributed by atoms with Gasteiger partial charge in [0.2, 0.25) is 4.96 Å². The summed E-state index contributed by atoms with van der Waals surface area (Å²) in [6, 6.07) is 10.5. The lowest BCUT2D eigenvalue weighted by atomic mass is 9.99. The molecule has 4 rings (SSSR count). The molecule has 5 nitrogen and oxygen atoms in total. The minimum absolute atomic E-state index is 0.0721. The first-order chi connectivity index (χ1) is 13.9. The number of nitrogens with one attached hydrogen (secondary N) is 1. The molecule has 0 fully saturated rings. The molecule has 0 aliphatic heterocycles. The van der Waals surface area contributed by atoms with Crippen molar-refractivity contribution in [2.45, 2.75) is 27.2 Å². The number of carbonyl (C=O) groups excluding carboxylic acids is 1. The lowest BCUT2D eigenvalue weighted by Crippen LogP contribution is -2.27. The van der Waals surface area contributed by atoms with Gasteiger partial charge in [-0.15, -0.1) is 16.4 Å². The molecule has 1 amide bonds. The fourth-order valence-electron chi connectivity index (χ4n) is 3.58. The predicted molar refractivity (Wildman–Crippen MR) is 113 cm³/mol. The zero-order valence-corrected chi connectivity index (χ0v) is 17.3. The predicted octanol–water partition coefficient (Wildman–Crippen LogP) is 4.49. The van der Waals surface area contributed by atoms with Crippen LogP contribution in [0.5, 0.6) is 0 Å². The van der Waals surface area contributed by atoms with Crippen molar-refractivity contribution in [3.05, 3.63) is 75.5 Å². The Balaban J connectivity index is 1.48. The third-order valence-corrected chi connectivity index (χ3v) is 5.70. The van der Waals surface area contributed by atoms with Crippen LogP contribution in [0.1, 0.15) is 32.7 Å². The van der Waals surface area contributed by atoms with E-state index >= 15 is 0 Å². The molecule has 0 saturated heterocycles. The third kappa shape index (κ3) is 3.78. The molecule has 0 bridgehead atoms. The minimum atomic E-state index is -0.344. The summed E-state index contributed by atoms with van der Waals surface area (Å²) in [6.07, 6.45) is 0.607. The summed E-state index contributed by atoms with van der Waals surface area (Å²) in [6.45, 7) is 6.41. The lowest BCUT2D eigenvalue weighted by Gasteiger charge is -2.11. The van der Waals surface area contributed by atoms with Crippen LogP contribution in [0.4, 0.5) is 4.39 Å². The average Bonchev–Trinajstić information content (AvgIpc) is 3.23. The molecule has 2 aromatic carbocycles. The Bertz CT molecular complexity index is 1190. The van der Waals surface area contributed by atoms with Crippen LogP contribution < -0.4 is 5.32 Å². The van der Waals surface area contributed by atoms with Crippen molar-refractivity contribution in [1.82, 2.24) is 19.9 Å². The van der Waals surface area contributed by atoms with Gasteiger partial charge in [0, 0.05) is 23.9 Å². The molecule has 148 valence electrons. The molecule has 0 radical (unpaired) electrons. The molecule has 0 unspecified atom stereocenters. The molecule has 4 aromatic rings. The largest absolute Gasteiger partial charge is 0.352 e. The van der Waals surface area contributed by atoms with Gasteiger partial charge in [-0.25, -0.2) is 8.91 Å². The highest BCUT2D eigenvalue weighted by Gasteiger charge is 2.15. The topological polar surface area (TPSA) is 59.3 Å². The van der Waals surface area contributed by atoms with Gasteiger partial charge < -0.3 is 5.32 Å². The molecule has 2 aromatic heterocycles. The number of fused-ring (bicyclic) bond motifs is 1. The maximum absolute atomic E-state index is 14.0. The van der Waals surface area contributed by atoms with Crippen molar-refractivity contribution in [1.29, 1.82) is 0 Å². The first-order valence-electron chi connectivity index (χ1n) is 9.38. The van der Waals surface area contributed by atoms with Gasteiger partial charge in [0.05, 0.1) is 11.3 Å². The van der Waals surface area contributed by atoms with Crippen LogP contribution in [0.25, 0.3) is 16.3 Å². The standard InChI is InChI=1S/C22H21FN4OS/c1-13-10-14(2)19(15(3)11-13)21(28)24-9-8-16-12-29-22-25-20(26-27(16)22)17-6-4-5-7-18(17)23/h4-7,10-12H,8-9H2,1-3H3,(H,24,28). The third-order valence-electron chi connectivity index (χ3n) is 4.84. The molecule has 29 heavy (non-hydrogen) atoms. The lowest BCUT2D eigenvalue weighted by molar-refractivity contribution is 0.0953. The zero-order chi connectivity index (χ0) is 20.5. The fourth-order valence-corrected chi connectivity index (χ4v) is 4.44. The number of aryl methyl sites for hydroxylation is 3. The van der Waals surface area contributed by atoms with E-state index in [4.69, 9.17) is 0 Å². The van der Waals surface area contributed by atoms with Gasteiger partial charge in [0.25, 0.3) is 5.91 Å². The molecule has 0 aliphatic rings. The van der Waals surface area contributed by atoms with Gasteiger partial charge in [-0.1, -0.05) is 29.8 Å². The van der Waals surface area contributed by atoms with Crippen LogP contribution in [0, 0.1) is 26.6 Å². The molecular formula is C22H21FN4OS. The Labute approximate surface area is 172 Å². The van der Waals surface area contributed by atoms with E-state index in [1.807, 2.05) is 38.3 Å². The van der Waals surface area contributed by atoms with E-state index in [1.165, 1.54) is 17.4 Å². The highest BCUT2D eigenvalue weighted by Crippen LogP contribution is 2.23. The molecule has 0 atom stereocenters. The van der Waals surface area contributed by atoms with Gasteiger partial charge in [-0.05, 0) is 44.0 Å². The van der Waals surface area contributed by atoms with E-state index < -0.39 is 0 Å². The van der Waals surface area contributed by atoms with E-state index in [-0.39, 0.29) is 11.7 Å². The van der Waals surface area contributed by atoms with Crippen molar-refractivity contribution in [2.24, 2.45) is 0 Å². The number of carbonyl (C=O) groups is 1. The van der Waals surface area contributed by atoms with E-state index in [0.717, 1.165) is 27.9 Å². The summed E-state index contributed by atoms with van der Waals surface area (Å²) < 4.78 is 15.7. The van der Waals surface area contributed by atoms with Gasteiger partial charge in [0.1, 0.15) is 5.82 Å².